The molecule has 0 aliphatic rings. The van der Waals surface area contributed by atoms with E-state index in [-0.39, 0.29) is 5.48 Å². The van der Waals surface area contributed by atoms with Gasteiger partial charge in [0.1, 0.15) is 12.0 Å². The molecule has 0 spiro atoms. The molecule has 0 saturated carbocycles. The summed E-state index contributed by atoms with van der Waals surface area (Å²) in [6.45, 7) is 0. The maximum Gasteiger partial charge on any atom is 0.150 e. The van der Waals surface area contributed by atoms with Crippen LogP contribution in [0.5, 0.6) is 0 Å². The molecule has 0 bridgehead atoms. The van der Waals surface area contributed by atoms with Gasteiger partial charge in [0, 0.05) is 5.56 Å². The van der Waals surface area contributed by atoms with Crippen LogP contribution < -0.4 is 4.48 Å². The van der Waals surface area contributed by atoms with Crippen molar-refractivity contribution >= 4 is 12.0 Å². The van der Waals surface area contributed by atoms with Crippen molar-refractivity contribution in [3.05, 3.63) is 29.8 Å². The Morgan fingerprint density at radius 2 is 1.54 bits per heavy atom. The Labute approximate surface area is 78.5 Å². The fourth-order valence-electron chi connectivity index (χ4n) is 1.00. The zero-order valence-electron chi connectivity index (χ0n) is 8.19. The molecule has 0 aromatic heterocycles. The van der Waals surface area contributed by atoms with Crippen LogP contribution in [0.2, 0.25) is 0 Å². The first-order valence-corrected chi connectivity index (χ1v) is 3.91. The number of benzene rings is 1. The quantitative estimate of drug-likeness (QED) is 0.513. The monoisotopic (exact) mass is 181 g/mol. The third kappa shape index (κ3) is 2.97. The molecule has 0 unspecified atom stereocenters. The highest BCUT2D eigenvalue weighted by Gasteiger charge is 2.10. The van der Waals surface area contributed by atoms with E-state index >= 15 is 0 Å². The number of carbonyl (C=O) groups is 1. The van der Waals surface area contributed by atoms with Gasteiger partial charge in [0.15, 0.2) is 0 Å². The van der Waals surface area contributed by atoms with Gasteiger partial charge in [0.05, 0.1) is 21.1 Å². The Balaban J connectivity index is 0.00000144. The lowest BCUT2D eigenvalue weighted by Gasteiger charge is -2.23. The molecule has 3 heteroatoms. The lowest BCUT2D eigenvalue weighted by molar-refractivity contribution is 0.112. The van der Waals surface area contributed by atoms with E-state index in [0.717, 1.165) is 16.3 Å². The highest BCUT2D eigenvalue weighted by Crippen LogP contribution is 2.16. The first-order valence-electron chi connectivity index (χ1n) is 3.91. The summed E-state index contributed by atoms with van der Waals surface area (Å²) in [5.74, 6) is 0. The van der Waals surface area contributed by atoms with E-state index in [9.17, 15) is 4.79 Å². The molecule has 0 aliphatic heterocycles. The fourth-order valence-corrected chi connectivity index (χ4v) is 1.00. The van der Waals surface area contributed by atoms with Crippen LogP contribution in [0.4, 0.5) is 5.69 Å². The van der Waals surface area contributed by atoms with Crippen molar-refractivity contribution in [1.82, 2.24) is 4.48 Å². The molecule has 0 amide bonds. The second-order valence-electron chi connectivity index (χ2n) is 3.72. The molecule has 0 radical (unpaired) electrons. The highest BCUT2D eigenvalue weighted by molar-refractivity contribution is 5.75. The van der Waals surface area contributed by atoms with Gasteiger partial charge in [-0.3, -0.25) is 9.28 Å². The first-order chi connectivity index (χ1) is 5.54. The minimum Gasteiger partial charge on any atom is -0.870 e. The van der Waals surface area contributed by atoms with Gasteiger partial charge < -0.3 is 5.48 Å². The second-order valence-corrected chi connectivity index (χ2v) is 3.72. The predicted molar refractivity (Wildman–Crippen MR) is 53.3 cm³/mol. The molecule has 1 aromatic carbocycles. The van der Waals surface area contributed by atoms with E-state index in [1.165, 1.54) is 5.69 Å². The van der Waals surface area contributed by atoms with Crippen LogP contribution in [-0.2, 0) is 0 Å². The van der Waals surface area contributed by atoms with Crippen molar-refractivity contribution in [2.24, 2.45) is 0 Å². The van der Waals surface area contributed by atoms with Crippen molar-refractivity contribution in [2.45, 2.75) is 0 Å². The number of quaternary nitrogens is 1. The van der Waals surface area contributed by atoms with E-state index in [2.05, 4.69) is 21.1 Å². The van der Waals surface area contributed by atoms with E-state index in [1.807, 2.05) is 24.3 Å². The molecule has 1 N–H and O–H groups in total. The molecule has 1 rings (SSSR count). The van der Waals surface area contributed by atoms with Gasteiger partial charge >= 0.3 is 0 Å². The summed E-state index contributed by atoms with van der Waals surface area (Å²) in [6, 6.07) is 7.63. The summed E-state index contributed by atoms with van der Waals surface area (Å²) in [4.78, 5) is 10.4. The van der Waals surface area contributed by atoms with Crippen molar-refractivity contribution in [1.29, 1.82) is 0 Å². The van der Waals surface area contributed by atoms with E-state index in [0.29, 0.717) is 0 Å². The topological polar surface area (TPSA) is 47.1 Å². The minimum atomic E-state index is 0. The average molecular weight is 181 g/mol. The van der Waals surface area contributed by atoms with Gasteiger partial charge in [0.2, 0.25) is 0 Å². The molecule has 13 heavy (non-hydrogen) atoms. The number of nitrogens with zero attached hydrogens (tertiary/aromatic N) is 1. The van der Waals surface area contributed by atoms with Gasteiger partial charge in [-0.2, -0.15) is 0 Å². The molecule has 0 fully saturated rings. The van der Waals surface area contributed by atoms with Crippen LogP contribution in [0.3, 0.4) is 0 Å². The van der Waals surface area contributed by atoms with E-state index in [4.69, 9.17) is 0 Å². The van der Waals surface area contributed by atoms with Crippen LogP contribution in [0, 0.1) is 0 Å². The Kier molecular flexibility index (Phi) is 3.78. The molecule has 3 nitrogen and oxygen atoms in total. The van der Waals surface area contributed by atoms with Crippen LogP contribution in [0.25, 0.3) is 0 Å². The first kappa shape index (κ1) is 11.8. The second kappa shape index (κ2) is 4.16. The van der Waals surface area contributed by atoms with Gasteiger partial charge in [0.25, 0.3) is 0 Å². The van der Waals surface area contributed by atoms with Crippen LogP contribution in [0.15, 0.2) is 24.3 Å². The lowest BCUT2D eigenvalue weighted by Crippen LogP contribution is -2.34. The SMILES string of the molecule is C[N+](C)(C)c1ccc(C=O)cc1.[OH-]. The molecule has 0 aliphatic carbocycles. The summed E-state index contributed by atoms with van der Waals surface area (Å²) in [7, 11) is 6.28. The maximum absolute atomic E-state index is 10.4. The van der Waals surface area contributed by atoms with Crippen molar-refractivity contribution in [3.63, 3.8) is 0 Å². The molecular weight excluding hydrogens is 166 g/mol. The predicted octanol–water partition coefficient (Wildman–Crippen LogP) is 1.52. The smallest absolute Gasteiger partial charge is 0.150 e. The Bertz CT molecular complexity index is 272. The average Bonchev–Trinajstić information content (AvgIpc) is 2.03. The fraction of sp³-hybridized carbons (Fsp3) is 0.300. The Hall–Kier alpha value is -1.19. The molecule has 1 aromatic rings. The van der Waals surface area contributed by atoms with Gasteiger partial charge in [-0.05, 0) is 24.3 Å². The standard InChI is InChI=1S/C10H14NO.H2O/c1-11(2,3)10-6-4-9(8-12)5-7-10;/h4-8H,1-3H3;1H2/q+1;/p-1. The third-order valence-corrected chi connectivity index (χ3v) is 1.80. The molecule has 0 saturated heterocycles. The summed E-state index contributed by atoms with van der Waals surface area (Å²) in [6.07, 6.45) is 0.861. The lowest BCUT2D eigenvalue weighted by atomic mass is 10.2. The zero-order valence-corrected chi connectivity index (χ0v) is 8.19. The summed E-state index contributed by atoms with van der Waals surface area (Å²) < 4.78 is 0.777. The van der Waals surface area contributed by atoms with E-state index in [1.54, 1.807) is 0 Å². The molecular formula is C10H15NO2. The minimum absolute atomic E-state index is 0. The number of hydrogen-bond donors (Lipinski definition) is 0. The summed E-state index contributed by atoms with van der Waals surface area (Å²) >= 11 is 0. The van der Waals surface area contributed by atoms with Crippen LogP contribution in [0.1, 0.15) is 10.4 Å². The van der Waals surface area contributed by atoms with Crippen molar-refractivity contribution in [2.75, 3.05) is 21.1 Å². The number of carbonyl (C=O) groups excluding carboxylic acids is 1. The molecule has 0 atom stereocenters. The highest BCUT2D eigenvalue weighted by atomic mass is 16.1. The zero-order chi connectivity index (χ0) is 9.19. The van der Waals surface area contributed by atoms with Crippen LogP contribution >= 0.6 is 0 Å². The summed E-state index contributed by atoms with van der Waals surface area (Å²) in [5.41, 5.74) is 1.92. The van der Waals surface area contributed by atoms with E-state index < -0.39 is 0 Å². The van der Waals surface area contributed by atoms with Crippen LogP contribution in [-0.4, -0.2) is 32.9 Å². The van der Waals surface area contributed by atoms with Gasteiger partial charge in [-0.15, -0.1) is 0 Å². The number of aldehydes is 1. The largest absolute Gasteiger partial charge is 0.870 e. The Morgan fingerprint density at radius 1 is 1.08 bits per heavy atom. The summed E-state index contributed by atoms with van der Waals surface area (Å²) in [5, 5.41) is 0. The molecule has 0 heterocycles. The van der Waals surface area contributed by atoms with Crippen molar-refractivity contribution in [3.8, 4) is 0 Å². The normalized spacial score (nSPS) is 10.4. The maximum atomic E-state index is 10.4. The van der Waals surface area contributed by atoms with Gasteiger partial charge in [-0.25, -0.2) is 0 Å². The number of rotatable bonds is 2. The Morgan fingerprint density at radius 3 is 1.85 bits per heavy atom. The number of hydrogen-bond acceptors (Lipinski definition) is 2. The van der Waals surface area contributed by atoms with Gasteiger partial charge in [-0.1, -0.05) is 0 Å². The third-order valence-electron chi connectivity index (χ3n) is 1.80. The van der Waals surface area contributed by atoms with Crippen molar-refractivity contribution < 1.29 is 10.3 Å². The molecule has 72 valence electrons.